The molecule has 0 spiro atoms. The van der Waals surface area contributed by atoms with E-state index >= 15 is 0 Å². The largest absolute Gasteiger partial charge is 0.309 e. The molecule has 1 N–H and O–H groups in total. The van der Waals surface area contributed by atoms with Gasteiger partial charge in [0.2, 0.25) is 0 Å². The van der Waals surface area contributed by atoms with Gasteiger partial charge in [-0.25, -0.2) is 4.39 Å². The van der Waals surface area contributed by atoms with Crippen LogP contribution in [-0.2, 0) is 0 Å². The third kappa shape index (κ3) is 3.09. The van der Waals surface area contributed by atoms with Crippen LogP contribution in [0, 0.1) is 5.82 Å². The molecule has 1 aliphatic rings. The molecule has 2 nitrogen and oxygen atoms in total. The molecule has 0 heterocycles. The van der Waals surface area contributed by atoms with Crippen molar-refractivity contribution < 1.29 is 4.39 Å². The third-order valence-corrected chi connectivity index (χ3v) is 3.90. The molecule has 100 valence electrons. The van der Waals surface area contributed by atoms with E-state index in [2.05, 4.69) is 24.2 Å². The lowest BCUT2D eigenvalue weighted by Gasteiger charge is -2.37. The van der Waals surface area contributed by atoms with Crippen LogP contribution in [0.25, 0.3) is 0 Å². The Hall–Kier alpha value is -0.930. The van der Waals surface area contributed by atoms with Crippen LogP contribution in [0.15, 0.2) is 24.3 Å². The number of nitrogens with one attached hydrogen (secondary N) is 1. The van der Waals surface area contributed by atoms with E-state index < -0.39 is 0 Å². The van der Waals surface area contributed by atoms with E-state index in [9.17, 15) is 4.39 Å². The molecule has 1 atom stereocenters. The Labute approximate surface area is 109 Å². The molecule has 0 aromatic heterocycles. The van der Waals surface area contributed by atoms with Crippen molar-refractivity contribution in [2.45, 2.75) is 38.3 Å². The summed E-state index contributed by atoms with van der Waals surface area (Å²) in [5, 5.41) is 3.39. The molecule has 0 bridgehead atoms. The molecule has 18 heavy (non-hydrogen) atoms. The number of hydrogen-bond donors (Lipinski definition) is 1. The second kappa shape index (κ2) is 6.30. The average molecular weight is 250 g/mol. The summed E-state index contributed by atoms with van der Waals surface area (Å²) in [6.07, 6.45) is 3.90. The highest BCUT2D eigenvalue weighted by Gasteiger charge is 2.25. The molecule has 1 fully saturated rings. The Balaban J connectivity index is 2.05. The molecule has 2 rings (SSSR count). The van der Waals surface area contributed by atoms with Gasteiger partial charge in [0, 0.05) is 24.2 Å². The lowest BCUT2D eigenvalue weighted by molar-refractivity contribution is 0.145. The van der Waals surface area contributed by atoms with E-state index in [1.165, 1.54) is 19.3 Å². The van der Waals surface area contributed by atoms with E-state index in [4.69, 9.17) is 0 Å². The van der Waals surface area contributed by atoms with Crippen molar-refractivity contribution in [2.24, 2.45) is 0 Å². The Morgan fingerprint density at radius 1 is 1.39 bits per heavy atom. The first kappa shape index (κ1) is 13.5. The topological polar surface area (TPSA) is 15.3 Å². The van der Waals surface area contributed by atoms with Crippen LogP contribution in [0.3, 0.4) is 0 Å². The van der Waals surface area contributed by atoms with E-state index in [-0.39, 0.29) is 11.9 Å². The van der Waals surface area contributed by atoms with Crippen LogP contribution >= 0.6 is 0 Å². The van der Waals surface area contributed by atoms with E-state index in [1.807, 2.05) is 12.1 Å². The van der Waals surface area contributed by atoms with E-state index in [0.29, 0.717) is 6.04 Å². The van der Waals surface area contributed by atoms with Crippen LogP contribution in [0.5, 0.6) is 0 Å². The number of hydrogen-bond acceptors (Lipinski definition) is 2. The number of benzene rings is 1. The molecule has 3 heteroatoms. The summed E-state index contributed by atoms with van der Waals surface area (Å²) in [5.41, 5.74) is 0.783. The van der Waals surface area contributed by atoms with Crippen molar-refractivity contribution in [1.29, 1.82) is 0 Å². The van der Waals surface area contributed by atoms with Crippen LogP contribution in [0.2, 0.25) is 0 Å². The third-order valence-electron chi connectivity index (χ3n) is 3.90. The summed E-state index contributed by atoms with van der Waals surface area (Å²) in [7, 11) is 2.15. The van der Waals surface area contributed by atoms with Crippen LogP contribution in [0.1, 0.15) is 37.8 Å². The minimum Gasteiger partial charge on any atom is -0.309 e. The maximum Gasteiger partial charge on any atom is 0.128 e. The zero-order valence-corrected chi connectivity index (χ0v) is 11.3. The number of nitrogens with zero attached hydrogens (tertiary/aromatic N) is 1. The summed E-state index contributed by atoms with van der Waals surface area (Å²) in [6, 6.07) is 7.86. The molecule has 1 saturated carbocycles. The van der Waals surface area contributed by atoms with Crippen LogP contribution in [-0.4, -0.2) is 31.1 Å². The number of rotatable bonds is 6. The highest BCUT2D eigenvalue weighted by molar-refractivity contribution is 5.21. The number of halogens is 1. The van der Waals surface area contributed by atoms with Gasteiger partial charge in [-0.15, -0.1) is 0 Å². The highest BCUT2D eigenvalue weighted by atomic mass is 19.1. The fourth-order valence-corrected chi connectivity index (χ4v) is 2.54. The van der Waals surface area contributed by atoms with Gasteiger partial charge in [0.25, 0.3) is 0 Å². The zero-order valence-electron chi connectivity index (χ0n) is 11.3. The molecule has 0 saturated heterocycles. The van der Waals surface area contributed by atoms with Gasteiger partial charge in [-0.3, -0.25) is 0 Å². The summed E-state index contributed by atoms with van der Waals surface area (Å²) in [5.74, 6) is -0.106. The van der Waals surface area contributed by atoms with Gasteiger partial charge < -0.3 is 10.2 Å². The maximum atomic E-state index is 13.9. The fourth-order valence-electron chi connectivity index (χ4n) is 2.54. The standard InChI is InChI=1S/C15H23FN2/c1-3-17-15(11-18(2)12-7-6-8-12)13-9-4-5-10-14(13)16/h4-5,9-10,12,15,17H,3,6-8,11H2,1-2H3. The molecule has 0 radical (unpaired) electrons. The predicted octanol–water partition coefficient (Wildman–Crippen LogP) is 2.96. The van der Waals surface area contributed by atoms with Crippen molar-refractivity contribution in [2.75, 3.05) is 20.1 Å². The second-order valence-electron chi connectivity index (χ2n) is 5.16. The van der Waals surface area contributed by atoms with Crippen molar-refractivity contribution in [3.8, 4) is 0 Å². The van der Waals surface area contributed by atoms with Gasteiger partial charge in [0.05, 0.1) is 0 Å². The lowest BCUT2D eigenvalue weighted by atomic mass is 9.91. The summed E-state index contributed by atoms with van der Waals surface area (Å²) in [6.45, 7) is 3.80. The van der Waals surface area contributed by atoms with Crippen molar-refractivity contribution in [3.63, 3.8) is 0 Å². The zero-order chi connectivity index (χ0) is 13.0. The first-order valence-corrected chi connectivity index (χ1v) is 6.90. The normalized spacial score (nSPS) is 17.8. The van der Waals surface area contributed by atoms with Gasteiger partial charge in [-0.05, 0) is 32.5 Å². The molecule has 0 aliphatic heterocycles. The molecular formula is C15H23FN2. The monoisotopic (exact) mass is 250 g/mol. The molecular weight excluding hydrogens is 227 g/mol. The molecule has 1 unspecified atom stereocenters. The Bertz CT molecular complexity index is 377. The quantitative estimate of drug-likeness (QED) is 0.835. The van der Waals surface area contributed by atoms with Gasteiger partial charge in [0.1, 0.15) is 5.82 Å². The van der Waals surface area contributed by atoms with Crippen LogP contribution in [0.4, 0.5) is 4.39 Å². The SMILES string of the molecule is CCNC(CN(C)C1CCC1)c1ccccc1F. The fraction of sp³-hybridized carbons (Fsp3) is 0.600. The Morgan fingerprint density at radius 2 is 2.11 bits per heavy atom. The van der Waals surface area contributed by atoms with Crippen molar-refractivity contribution in [3.05, 3.63) is 35.6 Å². The van der Waals surface area contributed by atoms with Crippen molar-refractivity contribution >= 4 is 0 Å². The van der Waals surface area contributed by atoms with Crippen molar-refractivity contribution in [1.82, 2.24) is 10.2 Å². The minimum absolute atomic E-state index is 0.0850. The number of likely N-dealkylation sites (N-methyl/N-ethyl adjacent to an activating group) is 2. The highest BCUT2D eigenvalue weighted by Crippen LogP contribution is 2.26. The Morgan fingerprint density at radius 3 is 2.67 bits per heavy atom. The minimum atomic E-state index is -0.106. The molecule has 0 amide bonds. The van der Waals surface area contributed by atoms with Gasteiger partial charge >= 0.3 is 0 Å². The molecule has 1 aromatic rings. The first-order chi connectivity index (χ1) is 8.72. The van der Waals surface area contributed by atoms with Gasteiger partial charge in [-0.2, -0.15) is 0 Å². The average Bonchev–Trinajstić information content (AvgIpc) is 2.26. The Kier molecular flexibility index (Phi) is 4.72. The van der Waals surface area contributed by atoms with E-state index in [0.717, 1.165) is 18.7 Å². The lowest BCUT2D eigenvalue weighted by Crippen LogP contribution is -2.42. The van der Waals surface area contributed by atoms with Crippen LogP contribution < -0.4 is 5.32 Å². The van der Waals surface area contributed by atoms with Gasteiger partial charge in [0.15, 0.2) is 0 Å². The summed E-state index contributed by atoms with van der Waals surface area (Å²) < 4.78 is 13.9. The smallest absolute Gasteiger partial charge is 0.128 e. The molecule has 1 aliphatic carbocycles. The maximum absolute atomic E-state index is 13.9. The summed E-state index contributed by atoms with van der Waals surface area (Å²) in [4.78, 5) is 2.36. The molecule has 1 aromatic carbocycles. The summed E-state index contributed by atoms with van der Waals surface area (Å²) >= 11 is 0. The predicted molar refractivity (Wildman–Crippen MR) is 73.1 cm³/mol. The van der Waals surface area contributed by atoms with Gasteiger partial charge in [-0.1, -0.05) is 31.5 Å². The second-order valence-corrected chi connectivity index (χ2v) is 5.16. The van der Waals surface area contributed by atoms with E-state index in [1.54, 1.807) is 12.1 Å². The first-order valence-electron chi connectivity index (χ1n) is 6.90.